The Kier molecular flexibility index (Phi) is 11.3. The van der Waals surface area contributed by atoms with Crippen molar-refractivity contribution in [1.29, 1.82) is 0 Å². The highest BCUT2D eigenvalue weighted by atomic mass is 16.5. The molecule has 1 aliphatic rings. The molecular formula is C30H42O5. The van der Waals surface area contributed by atoms with Gasteiger partial charge in [0.2, 0.25) is 0 Å². The van der Waals surface area contributed by atoms with Gasteiger partial charge in [0.1, 0.15) is 29.1 Å². The van der Waals surface area contributed by atoms with Crippen molar-refractivity contribution in [3.63, 3.8) is 0 Å². The van der Waals surface area contributed by atoms with Gasteiger partial charge in [-0.15, -0.1) is 0 Å². The standard InChI is InChI=1S/C30H42O5/c1-4-6-7-8-9-10-11-12-13-14-30(31)34-25-17-15-23-16-20-27(35-28(23)22-25)26-19-18-24(33-5-2)21-29(26)32-3/h15,17-19,21-22,27H,4-14,16,20H2,1-3H3. The minimum atomic E-state index is -0.173. The maximum atomic E-state index is 12.4. The Morgan fingerprint density at radius 3 is 2.34 bits per heavy atom. The van der Waals surface area contributed by atoms with E-state index in [0.717, 1.165) is 54.1 Å². The Morgan fingerprint density at radius 1 is 0.914 bits per heavy atom. The Balaban J connectivity index is 1.48. The summed E-state index contributed by atoms with van der Waals surface area (Å²) in [5, 5.41) is 0. The highest BCUT2D eigenvalue weighted by molar-refractivity contribution is 5.72. The number of hydrogen-bond donors (Lipinski definition) is 0. The van der Waals surface area contributed by atoms with Crippen molar-refractivity contribution in [2.45, 2.75) is 97.0 Å². The minimum absolute atomic E-state index is 0.124. The molecule has 1 unspecified atom stereocenters. The van der Waals surface area contributed by atoms with Gasteiger partial charge in [0.25, 0.3) is 0 Å². The maximum absolute atomic E-state index is 12.4. The summed E-state index contributed by atoms with van der Waals surface area (Å²) in [5.41, 5.74) is 2.12. The first kappa shape index (κ1) is 26.9. The number of unbranched alkanes of at least 4 members (excludes halogenated alkanes) is 8. The molecule has 0 aliphatic carbocycles. The monoisotopic (exact) mass is 482 g/mol. The largest absolute Gasteiger partial charge is 0.496 e. The van der Waals surface area contributed by atoms with Gasteiger partial charge in [-0.05, 0) is 49.9 Å². The Bertz CT molecular complexity index is 923. The van der Waals surface area contributed by atoms with Crippen LogP contribution in [0.5, 0.6) is 23.0 Å². The van der Waals surface area contributed by atoms with E-state index in [1.807, 2.05) is 43.3 Å². The van der Waals surface area contributed by atoms with Crippen molar-refractivity contribution in [1.82, 2.24) is 0 Å². The third kappa shape index (κ3) is 8.48. The number of hydrogen-bond acceptors (Lipinski definition) is 5. The van der Waals surface area contributed by atoms with Gasteiger partial charge in [0, 0.05) is 24.1 Å². The second kappa shape index (κ2) is 14.7. The van der Waals surface area contributed by atoms with Crippen LogP contribution in [-0.2, 0) is 11.2 Å². The Morgan fingerprint density at radius 2 is 1.63 bits per heavy atom. The molecule has 0 N–H and O–H groups in total. The summed E-state index contributed by atoms with van der Waals surface area (Å²) in [6.07, 6.45) is 13.1. The second-order valence-electron chi connectivity index (χ2n) is 9.30. The predicted octanol–water partition coefficient (Wildman–Crippen LogP) is 7.99. The topological polar surface area (TPSA) is 54.0 Å². The van der Waals surface area contributed by atoms with E-state index in [9.17, 15) is 4.79 Å². The fourth-order valence-electron chi connectivity index (χ4n) is 4.61. The SMILES string of the molecule is CCCCCCCCCCCC(=O)Oc1ccc2c(c1)OC(c1ccc(OCC)cc1OC)CC2. The van der Waals surface area contributed by atoms with Crippen LogP contribution in [0.4, 0.5) is 0 Å². The van der Waals surface area contributed by atoms with Gasteiger partial charge in [-0.3, -0.25) is 4.79 Å². The minimum Gasteiger partial charge on any atom is -0.496 e. The number of aryl methyl sites for hydroxylation is 1. The Hall–Kier alpha value is -2.69. The van der Waals surface area contributed by atoms with E-state index in [0.29, 0.717) is 18.8 Å². The van der Waals surface area contributed by atoms with Crippen LogP contribution in [-0.4, -0.2) is 19.7 Å². The third-order valence-corrected chi connectivity index (χ3v) is 6.56. The molecule has 1 heterocycles. The van der Waals surface area contributed by atoms with Crippen molar-refractivity contribution < 1.29 is 23.7 Å². The van der Waals surface area contributed by atoms with Crippen LogP contribution in [0.15, 0.2) is 36.4 Å². The van der Waals surface area contributed by atoms with Gasteiger partial charge in [0.15, 0.2) is 0 Å². The van der Waals surface area contributed by atoms with Crippen molar-refractivity contribution >= 4 is 5.97 Å². The lowest BCUT2D eigenvalue weighted by Crippen LogP contribution is -2.16. The molecule has 5 nitrogen and oxygen atoms in total. The van der Waals surface area contributed by atoms with E-state index in [2.05, 4.69) is 6.92 Å². The number of fused-ring (bicyclic) bond motifs is 1. The Labute approximate surface area is 211 Å². The van der Waals surface area contributed by atoms with Crippen molar-refractivity contribution in [2.24, 2.45) is 0 Å². The molecule has 0 radical (unpaired) electrons. The smallest absolute Gasteiger partial charge is 0.311 e. The zero-order valence-electron chi connectivity index (χ0n) is 21.8. The van der Waals surface area contributed by atoms with E-state index in [1.54, 1.807) is 7.11 Å². The van der Waals surface area contributed by atoms with Gasteiger partial charge in [0.05, 0.1) is 13.7 Å². The van der Waals surface area contributed by atoms with E-state index < -0.39 is 0 Å². The molecule has 5 heteroatoms. The lowest BCUT2D eigenvalue weighted by atomic mass is 9.96. The summed E-state index contributed by atoms with van der Waals surface area (Å²) in [5.74, 6) is 2.68. The van der Waals surface area contributed by atoms with Gasteiger partial charge >= 0.3 is 5.97 Å². The van der Waals surface area contributed by atoms with Crippen LogP contribution < -0.4 is 18.9 Å². The summed E-state index contributed by atoms with van der Waals surface area (Å²) in [6.45, 7) is 4.81. The molecule has 0 saturated heterocycles. The fourth-order valence-corrected chi connectivity index (χ4v) is 4.61. The normalized spacial score (nSPS) is 14.7. The number of methoxy groups -OCH3 is 1. The first-order valence-electron chi connectivity index (χ1n) is 13.5. The van der Waals surface area contributed by atoms with E-state index in [4.69, 9.17) is 18.9 Å². The molecule has 0 fully saturated rings. The van der Waals surface area contributed by atoms with Crippen LogP contribution >= 0.6 is 0 Å². The molecule has 0 amide bonds. The van der Waals surface area contributed by atoms with Gasteiger partial charge < -0.3 is 18.9 Å². The number of esters is 1. The molecular weight excluding hydrogens is 440 g/mol. The lowest BCUT2D eigenvalue weighted by molar-refractivity contribution is -0.134. The summed E-state index contributed by atoms with van der Waals surface area (Å²) in [6, 6.07) is 11.6. The predicted molar refractivity (Wildman–Crippen MR) is 140 cm³/mol. The molecule has 3 rings (SSSR count). The number of benzene rings is 2. The highest BCUT2D eigenvalue weighted by Gasteiger charge is 2.25. The molecule has 1 atom stereocenters. The quantitative estimate of drug-likeness (QED) is 0.146. The first-order valence-corrected chi connectivity index (χ1v) is 13.5. The highest BCUT2D eigenvalue weighted by Crippen LogP contribution is 2.40. The van der Waals surface area contributed by atoms with Crippen molar-refractivity contribution in [3.8, 4) is 23.0 Å². The number of ether oxygens (including phenoxy) is 4. The van der Waals surface area contributed by atoms with Crippen LogP contribution in [0.3, 0.4) is 0 Å². The summed E-state index contributed by atoms with van der Waals surface area (Å²) in [7, 11) is 1.66. The second-order valence-corrected chi connectivity index (χ2v) is 9.30. The van der Waals surface area contributed by atoms with E-state index >= 15 is 0 Å². The lowest BCUT2D eigenvalue weighted by Gasteiger charge is -2.28. The molecule has 0 spiro atoms. The van der Waals surface area contributed by atoms with Crippen LogP contribution in [0.2, 0.25) is 0 Å². The maximum Gasteiger partial charge on any atom is 0.311 e. The molecule has 0 bridgehead atoms. The third-order valence-electron chi connectivity index (χ3n) is 6.56. The average molecular weight is 483 g/mol. The molecule has 2 aromatic carbocycles. The van der Waals surface area contributed by atoms with Gasteiger partial charge in [-0.2, -0.15) is 0 Å². The van der Waals surface area contributed by atoms with Crippen LogP contribution in [0, 0.1) is 0 Å². The summed E-state index contributed by atoms with van der Waals surface area (Å²) in [4.78, 5) is 12.4. The van der Waals surface area contributed by atoms with Gasteiger partial charge in [-0.25, -0.2) is 0 Å². The zero-order valence-corrected chi connectivity index (χ0v) is 21.8. The van der Waals surface area contributed by atoms with Crippen LogP contribution in [0.1, 0.15) is 102 Å². The van der Waals surface area contributed by atoms with Crippen molar-refractivity contribution in [3.05, 3.63) is 47.5 Å². The van der Waals surface area contributed by atoms with Crippen molar-refractivity contribution in [2.75, 3.05) is 13.7 Å². The number of rotatable bonds is 15. The zero-order chi connectivity index (χ0) is 24.9. The molecule has 1 aliphatic heterocycles. The molecule has 35 heavy (non-hydrogen) atoms. The average Bonchev–Trinajstić information content (AvgIpc) is 2.87. The number of carbonyl (C=O) groups excluding carboxylic acids is 1. The molecule has 192 valence electrons. The molecule has 0 saturated carbocycles. The summed E-state index contributed by atoms with van der Waals surface area (Å²) >= 11 is 0. The van der Waals surface area contributed by atoms with E-state index in [-0.39, 0.29) is 12.1 Å². The van der Waals surface area contributed by atoms with Gasteiger partial charge in [-0.1, -0.05) is 64.4 Å². The molecule has 0 aromatic heterocycles. The fraction of sp³-hybridized carbons (Fsp3) is 0.567. The first-order chi connectivity index (χ1) is 17.1. The number of carbonyl (C=O) groups is 1. The molecule has 2 aromatic rings. The summed E-state index contributed by atoms with van der Waals surface area (Å²) < 4.78 is 23.2. The van der Waals surface area contributed by atoms with E-state index in [1.165, 1.54) is 44.9 Å². The van der Waals surface area contributed by atoms with Crippen LogP contribution in [0.25, 0.3) is 0 Å².